The molecule has 0 unspecified atom stereocenters. The molecule has 0 saturated heterocycles. The predicted molar refractivity (Wildman–Crippen MR) is 98.6 cm³/mol. The molecular weight excluding hydrogens is 334 g/mol. The van der Waals surface area contributed by atoms with Crippen LogP contribution in [0.2, 0.25) is 0 Å². The highest BCUT2D eigenvalue weighted by Gasteiger charge is 2.13. The Morgan fingerprint density at radius 1 is 1.12 bits per heavy atom. The van der Waals surface area contributed by atoms with Crippen molar-refractivity contribution in [3.63, 3.8) is 0 Å². The first-order chi connectivity index (χ1) is 12.5. The van der Waals surface area contributed by atoms with E-state index in [2.05, 4.69) is 0 Å². The molecule has 3 aromatic rings. The number of phenols is 1. The fourth-order valence-corrected chi connectivity index (χ4v) is 2.72. The molecule has 3 aromatic carbocycles. The van der Waals surface area contributed by atoms with Crippen molar-refractivity contribution in [3.8, 4) is 11.5 Å². The average molecular weight is 349 g/mol. The van der Waals surface area contributed by atoms with Crippen LogP contribution in [0.3, 0.4) is 0 Å². The second-order valence-electron chi connectivity index (χ2n) is 5.56. The molecule has 0 amide bonds. The number of nitro groups is 1. The lowest BCUT2D eigenvalue weighted by molar-refractivity contribution is -0.385. The Labute approximate surface area is 149 Å². The standard InChI is InChI=1S/C20H15NO5/c1-26-20-11-8-15(14-4-2-3-5-16(14)20)18(22)9-6-13-7-10-19(23)17(12-13)21(24)25/h2-12,23H,1H3/b9-6+. The molecule has 0 atom stereocenters. The van der Waals surface area contributed by atoms with Crippen molar-refractivity contribution < 1.29 is 19.6 Å². The van der Waals surface area contributed by atoms with Gasteiger partial charge in [-0.1, -0.05) is 36.4 Å². The highest BCUT2D eigenvalue weighted by Crippen LogP contribution is 2.29. The summed E-state index contributed by atoms with van der Waals surface area (Å²) < 4.78 is 5.32. The first-order valence-electron chi connectivity index (χ1n) is 7.77. The van der Waals surface area contributed by atoms with Gasteiger partial charge >= 0.3 is 5.69 Å². The monoisotopic (exact) mass is 349 g/mol. The number of carbonyl (C=O) groups excluding carboxylic acids is 1. The third-order valence-corrected chi connectivity index (χ3v) is 3.99. The SMILES string of the molecule is COc1ccc(C(=O)/C=C/c2ccc(O)c([N+](=O)[O-])c2)c2ccccc12. The van der Waals surface area contributed by atoms with Crippen LogP contribution in [0.25, 0.3) is 16.8 Å². The Bertz CT molecular complexity index is 1040. The summed E-state index contributed by atoms with van der Waals surface area (Å²) in [6.07, 6.45) is 2.83. The minimum absolute atomic E-state index is 0.236. The van der Waals surface area contributed by atoms with E-state index < -0.39 is 16.4 Å². The Kier molecular flexibility index (Phi) is 4.66. The zero-order valence-corrected chi connectivity index (χ0v) is 13.9. The lowest BCUT2D eigenvalue weighted by atomic mass is 10.00. The average Bonchev–Trinajstić information content (AvgIpc) is 2.66. The summed E-state index contributed by atoms with van der Waals surface area (Å²) in [6.45, 7) is 0. The largest absolute Gasteiger partial charge is 0.502 e. The summed E-state index contributed by atoms with van der Waals surface area (Å²) in [4.78, 5) is 22.8. The van der Waals surface area contributed by atoms with Crippen LogP contribution in [0.4, 0.5) is 5.69 Å². The molecule has 6 nitrogen and oxygen atoms in total. The van der Waals surface area contributed by atoms with Gasteiger partial charge in [0, 0.05) is 17.0 Å². The number of phenolic OH excluding ortho intramolecular Hbond substituents is 1. The zero-order valence-electron chi connectivity index (χ0n) is 13.9. The van der Waals surface area contributed by atoms with Gasteiger partial charge in [-0.25, -0.2) is 0 Å². The molecule has 0 bridgehead atoms. The van der Waals surface area contributed by atoms with Crippen molar-refractivity contribution in [2.24, 2.45) is 0 Å². The lowest BCUT2D eigenvalue weighted by Gasteiger charge is -2.08. The molecule has 0 heterocycles. The number of ketones is 1. The van der Waals surface area contributed by atoms with E-state index in [1.165, 1.54) is 30.4 Å². The number of benzene rings is 3. The molecule has 0 aromatic heterocycles. The van der Waals surface area contributed by atoms with E-state index in [1.807, 2.05) is 24.3 Å². The molecule has 0 aliphatic rings. The number of hydrogen-bond donors (Lipinski definition) is 1. The van der Waals surface area contributed by atoms with Crippen molar-refractivity contribution in [1.29, 1.82) is 0 Å². The number of methoxy groups -OCH3 is 1. The molecule has 0 saturated carbocycles. The molecule has 26 heavy (non-hydrogen) atoms. The van der Waals surface area contributed by atoms with E-state index in [1.54, 1.807) is 19.2 Å². The van der Waals surface area contributed by atoms with E-state index >= 15 is 0 Å². The molecule has 0 fully saturated rings. The third kappa shape index (κ3) is 3.25. The molecule has 6 heteroatoms. The summed E-state index contributed by atoms with van der Waals surface area (Å²) in [6, 6.07) is 14.8. The number of allylic oxidation sites excluding steroid dienone is 1. The van der Waals surface area contributed by atoms with Crippen LogP contribution >= 0.6 is 0 Å². The quantitative estimate of drug-likeness (QED) is 0.320. The van der Waals surface area contributed by atoms with Gasteiger partial charge in [0.15, 0.2) is 11.5 Å². The zero-order chi connectivity index (χ0) is 18.7. The second-order valence-corrected chi connectivity index (χ2v) is 5.56. The van der Waals surface area contributed by atoms with Gasteiger partial charge in [0.1, 0.15) is 5.75 Å². The number of nitro benzene ring substituents is 1. The van der Waals surface area contributed by atoms with Gasteiger partial charge < -0.3 is 9.84 Å². The highest BCUT2D eigenvalue weighted by atomic mass is 16.6. The van der Waals surface area contributed by atoms with Crippen LogP contribution in [0.5, 0.6) is 11.5 Å². The summed E-state index contributed by atoms with van der Waals surface area (Å²) in [5.74, 6) is 0.0227. The van der Waals surface area contributed by atoms with Crippen molar-refractivity contribution >= 4 is 28.3 Å². The van der Waals surface area contributed by atoms with E-state index in [9.17, 15) is 20.0 Å². The Morgan fingerprint density at radius 2 is 1.85 bits per heavy atom. The molecule has 1 N–H and O–H groups in total. The minimum Gasteiger partial charge on any atom is -0.502 e. The Morgan fingerprint density at radius 3 is 2.54 bits per heavy atom. The van der Waals surface area contributed by atoms with Gasteiger partial charge in [-0.15, -0.1) is 0 Å². The third-order valence-electron chi connectivity index (χ3n) is 3.99. The molecule has 130 valence electrons. The van der Waals surface area contributed by atoms with E-state index in [4.69, 9.17) is 4.74 Å². The van der Waals surface area contributed by atoms with Crippen molar-refractivity contribution in [2.75, 3.05) is 7.11 Å². The van der Waals surface area contributed by atoms with Crippen molar-refractivity contribution in [1.82, 2.24) is 0 Å². The second kappa shape index (κ2) is 7.06. The smallest absolute Gasteiger partial charge is 0.311 e. The summed E-state index contributed by atoms with van der Waals surface area (Å²) in [5.41, 5.74) is 0.543. The first kappa shape index (κ1) is 17.2. The Hall–Kier alpha value is -3.67. The van der Waals surface area contributed by atoms with Crippen molar-refractivity contribution in [3.05, 3.63) is 81.9 Å². The number of aromatic hydroxyl groups is 1. The molecule has 0 aliphatic carbocycles. The van der Waals surface area contributed by atoms with Crippen LogP contribution in [-0.4, -0.2) is 22.9 Å². The number of fused-ring (bicyclic) bond motifs is 1. The van der Waals surface area contributed by atoms with Crippen LogP contribution in [0.15, 0.2) is 60.7 Å². The van der Waals surface area contributed by atoms with Crippen LogP contribution in [-0.2, 0) is 0 Å². The van der Waals surface area contributed by atoms with Gasteiger partial charge in [0.25, 0.3) is 0 Å². The maximum Gasteiger partial charge on any atom is 0.311 e. The molecular formula is C20H15NO5. The van der Waals surface area contributed by atoms with Gasteiger partial charge in [0.05, 0.1) is 12.0 Å². The topological polar surface area (TPSA) is 89.7 Å². The minimum atomic E-state index is -0.675. The first-order valence-corrected chi connectivity index (χ1v) is 7.77. The maximum absolute atomic E-state index is 12.6. The van der Waals surface area contributed by atoms with Crippen LogP contribution in [0, 0.1) is 10.1 Å². The van der Waals surface area contributed by atoms with Gasteiger partial charge in [0.2, 0.25) is 0 Å². The summed E-state index contributed by atoms with van der Waals surface area (Å²) in [7, 11) is 1.57. The predicted octanol–water partition coefficient (Wildman–Crippen LogP) is 4.36. The van der Waals surface area contributed by atoms with E-state index in [0.29, 0.717) is 16.9 Å². The highest BCUT2D eigenvalue weighted by molar-refractivity contribution is 6.15. The number of carbonyl (C=O) groups is 1. The number of rotatable bonds is 5. The van der Waals surface area contributed by atoms with Gasteiger partial charge in [-0.3, -0.25) is 14.9 Å². The van der Waals surface area contributed by atoms with Crippen molar-refractivity contribution in [2.45, 2.75) is 0 Å². The fourth-order valence-electron chi connectivity index (χ4n) is 2.72. The summed E-state index contributed by atoms with van der Waals surface area (Å²) in [5, 5.41) is 22.0. The maximum atomic E-state index is 12.6. The van der Waals surface area contributed by atoms with E-state index in [-0.39, 0.29) is 5.78 Å². The molecule has 0 spiro atoms. The molecule has 3 rings (SSSR count). The Balaban J connectivity index is 1.96. The van der Waals surface area contributed by atoms with Crippen LogP contribution in [0.1, 0.15) is 15.9 Å². The summed E-state index contributed by atoms with van der Waals surface area (Å²) >= 11 is 0. The fraction of sp³-hybridized carbons (Fsp3) is 0.0500. The van der Waals surface area contributed by atoms with Crippen LogP contribution < -0.4 is 4.74 Å². The van der Waals surface area contributed by atoms with E-state index in [0.717, 1.165) is 10.8 Å². The normalized spacial score (nSPS) is 11.0. The van der Waals surface area contributed by atoms with Gasteiger partial charge in [-0.2, -0.15) is 0 Å². The number of nitrogens with zero attached hydrogens (tertiary/aromatic N) is 1. The molecule has 0 aliphatic heterocycles. The lowest BCUT2D eigenvalue weighted by Crippen LogP contribution is -1.97. The number of hydrogen-bond acceptors (Lipinski definition) is 5. The molecule has 0 radical (unpaired) electrons. The van der Waals surface area contributed by atoms with Gasteiger partial charge in [-0.05, 0) is 35.2 Å². The number of ether oxygens (including phenoxy) is 1.